The number of halogens is 3. The number of amides is 1. The van der Waals surface area contributed by atoms with Gasteiger partial charge >= 0.3 is 6.18 Å². The van der Waals surface area contributed by atoms with Gasteiger partial charge in [0.25, 0.3) is 0 Å². The minimum Gasteiger partial charge on any atom is -0.346 e. The fourth-order valence-corrected chi connectivity index (χ4v) is 3.44. The van der Waals surface area contributed by atoms with Crippen molar-refractivity contribution in [3.05, 3.63) is 70.8 Å². The largest absolute Gasteiger partial charge is 0.416 e. The number of nitriles is 1. The molecule has 1 fully saturated rings. The van der Waals surface area contributed by atoms with Crippen LogP contribution >= 0.6 is 0 Å². The summed E-state index contributed by atoms with van der Waals surface area (Å²) in [6.07, 6.45) is -4.48. The number of benzene rings is 2. The van der Waals surface area contributed by atoms with Crippen molar-refractivity contribution >= 4 is 11.9 Å². The van der Waals surface area contributed by atoms with Gasteiger partial charge in [-0.15, -0.1) is 0 Å². The fraction of sp³-hybridized carbons (Fsp3) is 0.250. The summed E-state index contributed by atoms with van der Waals surface area (Å²) in [5.41, 5.74) is -0.573. The Morgan fingerprint density at radius 3 is 2.43 bits per heavy atom. The van der Waals surface area contributed by atoms with E-state index >= 15 is 0 Å². The Morgan fingerprint density at radius 1 is 1.21 bits per heavy atom. The van der Waals surface area contributed by atoms with Gasteiger partial charge < -0.3 is 5.32 Å². The molecule has 1 heterocycles. The average molecular weight is 386 g/mol. The molecule has 0 unspecified atom stereocenters. The van der Waals surface area contributed by atoms with Crippen molar-refractivity contribution in [1.29, 1.82) is 10.7 Å². The Balaban J connectivity index is 2.14. The number of guanidine groups is 1. The average Bonchev–Trinajstić information content (AvgIpc) is 2.66. The number of carbonyl (C=O) groups excluding carboxylic acids is 1. The maximum absolute atomic E-state index is 13.0. The van der Waals surface area contributed by atoms with Gasteiger partial charge in [-0.3, -0.25) is 15.1 Å². The molecular formula is C20H17F3N4O. The lowest BCUT2D eigenvalue weighted by Gasteiger charge is -2.46. The van der Waals surface area contributed by atoms with E-state index in [0.717, 1.165) is 17.0 Å². The van der Waals surface area contributed by atoms with Crippen LogP contribution in [0.2, 0.25) is 0 Å². The van der Waals surface area contributed by atoms with Gasteiger partial charge in [-0.2, -0.15) is 18.4 Å². The number of hydrogen-bond acceptors (Lipinski definition) is 3. The van der Waals surface area contributed by atoms with Crippen LogP contribution in [0.5, 0.6) is 0 Å². The zero-order chi connectivity index (χ0) is 20.7. The first-order chi connectivity index (χ1) is 13.1. The molecule has 3 rings (SSSR count). The maximum atomic E-state index is 13.0. The molecule has 2 atom stereocenters. The normalized spacial score (nSPS) is 22.6. The van der Waals surface area contributed by atoms with E-state index in [1.54, 1.807) is 31.2 Å². The van der Waals surface area contributed by atoms with E-state index in [1.807, 2.05) is 6.07 Å². The number of likely N-dealkylation sites (N-methyl/N-ethyl adjacent to an activating group) is 1. The predicted molar refractivity (Wildman–Crippen MR) is 96.3 cm³/mol. The maximum Gasteiger partial charge on any atom is 0.416 e. The van der Waals surface area contributed by atoms with Gasteiger partial charge in [0.2, 0.25) is 5.91 Å². The molecule has 0 saturated carbocycles. The first kappa shape index (κ1) is 19.4. The smallest absolute Gasteiger partial charge is 0.346 e. The molecule has 2 aromatic rings. The number of alkyl halides is 3. The summed E-state index contributed by atoms with van der Waals surface area (Å²) in [7, 11) is 1.43. The number of rotatable bonds is 2. The van der Waals surface area contributed by atoms with E-state index in [4.69, 9.17) is 5.41 Å². The Kier molecular flexibility index (Phi) is 4.63. The van der Waals surface area contributed by atoms with E-state index in [1.165, 1.54) is 19.2 Å². The van der Waals surface area contributed by atoms with E-state index in [9.17, 15) is 23.2 Å². The third-order valence-corrected chi connectivity index (χ3v) is 5.03. The number of nitrogens with zero attached hydrogens (tertiary/aromatic N) is 2. The summed E-state index contributed by atoms with van der Waals surface area (Å²) in [5, 5.41) is 20.3. The molecule has 144 valence electrons. The van der Waals surface area contributed by atoms with E-state index in [2.05, 4.69) is 5.32 Å². The topological polar surface area (TPSA) is 80.0 Å². The van der Waals surface area contributed by atoms with Gasteiger partial charge in [-0.1, -0.05) is 24.3 Å². The van der Waals surface area contributed by atoms with Crippen molar-refractivity contribution < 1.29 is 18.0 Å². The van der Waals surface area contributed by atoms with Crippen LogP contribution < -0.4 is 5.32 Å². The van der Waals surface area contributed by atoms with Crippen LogP contribution in [-0.2, 0) is 16.5 Å². The molecule has 0 bridgehead atoms. The highest BCUT2D eigenvalue weighted by Crippen LogP contribution is 2.41. The molecule has 2 N–H and O–H groups in total. The monoisotopic (exact) mass is 386 g/mol. The first-order valence-electron chi connectivity index (χ1n) is 8.40. The molecule has 2 aromatic carbocycles. The Bertz CT molecular complexity index is 978. The minimum atomic E-state index is -4.48. The molecule has 1 aliphatic heterocycles. The number of carbonyl (C=O) groups is 1. The molecule has 0 aromatic heterocycles. The lowest BCUT2D eigenvalue weighted by Crippen LogP contribution is -2.62. The van der Waals surface area contributed by atoms with E-state index < -0.39 is 29.1 Å². The van der Waals surface area contributed by atoms with Crippen molar-refractivity contribution in [2.45, 2.75) is 24.6 Å². The third-order valence-electron chi connectivity index (χ3n) is 5.03. The van der Waals surface area contributed by atoms with Crippen LogP contribution in [-0.4, -0.2) is 23.8 Å². The second-order valence-electron chi connectivity index (χ2n) is 6.82. The standard InChI is InChI=1S/C20H17F3N4O/c1-19(15-5-3-4-12(10-15)11-24)16(17(28)27(2)18(25)26-19)13-6-8-14(9-7-13)20(21,22)23/h3-10,16H,1-2H3,(H2,25,26)/t16-,19-/m1/s1. The van der Waals surface area contributed by atoms with Gasteiger partial charge in [0.1, 0.15) is 0 Å². The van der Waals surface area contributed by atoms with Gasteiger partial charge in [-0.25, -0.2) is 0 Å². The molecule has 28 heavy (non-hydrogen) atoms. The lowest BCUT2D eigenvalue weighted by molar-refractivity contribution is -0.137. The second-order valence-corrected chi connectivity index (χ2v) is 6.82. The zero-order valence-corrected chi connectivity index (χ0v) is 15.1. The summed E-state index contributed by atoms with van der Waals surface area (Å²) in [5.74, 6) is -1.44. The highest BCUT2D eigenvalue weighted by atomic mass is 19.4. The highest BCUT2D eigenvalue weighted by molar-refractivity contribution is 6.02. The molecule has 1 aliphatic rings. The second kappa shape index (κ2) is 6.68. The molecule has 8 heteroatoms. The molecule has 1 saturated heterocycles. The van der Waals surface area contributed by atoms with Crippen LogP contribution in [0.1, 0.15) is 35.1 Å². The van der Waals surface area contributed by atoms with Crippen LogP contribution in [0.25, 0.3) is 0 Å². The van der Waals surface area contributed by atoms with Crippen LogP contribution in [0.4, 0.5) is 13.2 Å². The van der Waals surface area contributed by atoms with Gasteiger partial charge in [-0.05, 0) is 42.3 Å². The van der Waals surface area contributed by atoms with Crippen LogP contribution in [0.15, 0.2) is 48.5 Å². The van der Waals surface area contributed by atoms with Crippen molar-refractivity contribution in [2.75, 3.05) is 7.05 Å². The quantitative estimate of drug-likeness (QED) is 0.828. The number of nitrogens with one attached hydrogen (secondary N) is 2. The summed E-state index contributed by atoms with van der Waals surface area (Å²) in [6.45, 7) is 1.70. The molecular weight excluding hydrogens is 369 g/mol. The van der Waals surface area contributed by atoms with Crippen molar-refractivity contribution in [3.8, 4) is 6.07 Å². The van der Waals surface area contributed by atoms with Crippen molar-refractivity contribution in [3.63, 3.8) is 0 Å². The summed E-state index contributed by atoms with van der Waals surface area (Å²) < 4.78 is 38.7. The Morgan fingerprint density at radius 2 is 1.86 bits per heavy atom. The Hall–Kier alpha value is -3.34. The highest BCUT2D eigenvalue weighted by Gasteiger charge is 2.48. The van der Waals surface area contributed by atoms with E-state index in [0.29, 0.717) is 16.7 Å². The molecule has 5 nitrogen and oxygen atoms in total. The van der Waals surface area contributed by atoms with Crippen LogP contribution in [0.3, 0.4) is 0 Å². The third kappa shape index (κ3) is 3.20. The number of hydrogen-bond donors (Lipinski definition) is 2. The zero-order valence-electron chi connectivity index (χ0n) is 15.1. The Labute approximate surface area is 159 Å². The molecule has 0 aliphatic carbocycles. The molecule has 0 spiro atoms. The summed E-state index contributed by atoms with van der Waals surface area (Å²) in [6, 6.07) is 13.1. The van der Waals surface area contributed by atoms with Crippen LogP contribution in [0, 0.1) is 16.7 Å². The predicted octanol–water partition coefficient (Wildman–Crippen LogP) is 3.57. The van der Waals surface area contributed by atoms with Gasteiger partial charge in [0.05, 0.1) is 28.7 Å². The van der Waals surface area contributed by atoms with Gasteiger partial charge in [0, 0.05) is 7.05 Å². The van der Waals surface area contributed by atoms with Crippen molar-refractivity contribution in [1.82, 2.24) is 10.2 Å². The lowest BCUT2D eigenvalue weighted by atomic mass is 9.73. The molecule has 1 amide bonds. The minimum absolute atomic E-state index is 0.127. The summed E-state index contributed by atoms with van der Waals surface area (Å²) >= 11 is 0. The van der Waals surface area contributed by atoms with Gasteiger partial charge in [0.15, 0.2) is 5.96 Å². The van der Waals surface area contributed by atoms with E-state index in [-0.39, 0.29) is 5.96 Å². The van der Waals surface area contributed by atoms with Crippen molar-refractivity contribution in [2.24, 2.45) is 0 Å². The SMILES string of the molecule is CN1C(=N)N[C@](C)(c2cccc(C#N)c2)[C@H](c2ccc(C(F)(F)F)cc2)C1=O. The fourth-order valence-electron chi connectivity index (χ4n) is 3.44. The molecule has 0 radical (unpaired) electrons. The first-order valence-corrected chi connectivity index (χ1v) is 8.40. The summed E-state index contributed by atoms with van der Waals surface area (Å²) in [4.78, 5) is 14.1.